The molecule has 0 spiro atoms. The highest BCUT2D eigenvalue weighted by atomic mass is 16.3. The number of likely N-dealkylation sites (N-methyl/N-ethyl adjacent to an activating group) is 1. The van der Waals surface area contributed by atoms with E-state index in [1.165, 1.54) is 0 Å². The Balaban J connectivity index is 1.85. The molecule has 1 aliphatic rings. The van der Waals surface area contributed by atoms with Crippen molar-refractivity contribution in [3.63, 3.8) is 0 Å². The highest BCUT2D eigenvalue weighted by Crippen LogP contribution is 2.27. The number of hydrogen-bond acceptors (Lipinski definition) is 4. The molecule has 3 rings (SSSR count). The second kappa shape index (κ2) is 5.41. The van der Waals surface area contributed by atoms with Crippen LogP contribution in [0.3, 0.4) is 0 Å². The van der Waals surface area contributed by atoms with Gasteiger partial charge in [-0.3, -0.25) is 4.79 Å². The van der Waals surface area contributed by atoms with E-state index in [1.54, 1.807) is 11.0 Å². The number of benzene rings is 1. The molecule has 1 fully saturated rings. The lowest BCUT2D eigenvalue weighted by Crippen LogP contribution is -2.43. The average Bonchev–Trinajstić information content (AvgIpc) is 2.98. The molecule has 5 heteroatoms. The number of likely N-dealkylation sites (tertiary alicyclic amines) is 1. The van der Waals surface area contributed by atoms with Gasteiger partial charge in [0.1, 0.15) is 11.3 Å². The lowest BCUT2D eigenvalue weighted by Gasteiger charge is -2.26. The zero-order valence-electron chi connectivity index (χ0n) is 13.3. The zero-order chi connectivity index (χ0) is 15.9. The van der Waals surface area contributed by atoms with Gasteiger partial charge in [0.25, 0.3) is 5.91 Å². The molecule has 0 bridgehead atoms. The smallest absolute Gasteiger partial charge is 0.257 e. The normalized spacial score (nSPS) is 22.0. The Hall–Kier alpha value is -1.85. The monoisotopic (exact) mass is 302 g/mol. The van der Waals surface area contributed by atoms with Crippen LogP contribution in [0.4, 0.5) is 0 Å². The first-order chi connectivity index (χ1) is 10.4. The van der Waals surface area contributed by atoms with Gasteiger partial charge in [0.2, 0.25) is 0 Å². The minimum absolute atomic E-state index is 0.0744. The van der Waals surface area contributed by atoms with E-state index in [9.17, 15) is 9.90 Å². The molecule has 5 nitrogen and oxygen atoms in total. The van der Waals surface area contributed by atoms with Crippen LogP contribution < -0.4 is 0 Å². The van der Waals surface area contributed by atoms with Crippen molar-refractivity contribution in [2.45, 2.75) is 18.9 Å². The van der Waals surface area contributed by atoms with Crippen LogP contribution in [-0.4, -0.2) is 60.1 Å². The molecular formula is C17H22N2O3. The van der Waals surface area contributed by atoms with E-state index < -0.39 is 5.60 Å². The predicted molar refractivity (Wildman–Crippen MR) is 85.0 cm³/mol. The Morgan fingerprint density at radius 3 is 2.95 bits per heavy atom. The molecule has 1 unspecified atom stereocenters. The summed E-state index contributed by atoms with van der Waals surface area (Å²) in [6.45, 7) is 3.36. The summed E-state index contributed by atoms with van der Waals surface area (Å²) in [5, 5.41) is 11.5. The van der Waals surface area contributed by atoms with Crippen molar-refractivity contribution in [1.29, 1.82) is 0 Å². The maximum atomic E-state index is 12.8. The van der Waals surface area contributed by atoms with Crippen LogP contribution in [0.2, 0.25) is 0 Å². The number of amides is 1. The van der Waals surface area contributed by atoms with Crippen molar-refractivity contribution in [3.8, 4) is 0 Å². The van der Waals surface area contributed by atoms with E-state index >= 15 is 0 Å². The quantitative estimate of drug-likeness (QED) is 0.940. The topological polar surface area (TPSA) is 56.9 Å². The second-order valence-electron chi connectivity index (χ2n) is 6.52. The molecule has 1 saturated heterocycles. The van der Waals surface area contributed by atoms with Crippen LogP contribution in [-0.2, 0) is 0 Å². The third kappa shape index (κ3) is 2.74. The predicted octanol–water partition coefficient (Wildman–Crippen LogP) is 1.88. The van der Waals surface area contributed by atoms with E-state index in [0.29, 0.717) is 37.2 Å². The number of carbonyl (C=O) groups is 1. The van der Waals surface area contributed by atoms with Crippen LogP contribution in [0.1, 0.15) is 22.5 Å². The van der Waals surface area contributed by atoms with Gasteiger partial charge in [0.15, 0.2) is 0 Å². The van der Waals surface area contributed by atoms with Crippen molar-refractivity contribution >= 4 is 16.9 Å². The summed E-state index contributed by atoms with van der Waals surface area (Å²) in [5.74, 6) is 0.718. The number of nitrogens with zero attached hydrogens (tertiary/aromatic N) is 2. The molecule has 0 radical (unpaired) electrons. The second-order valence-corrected chi connectivity index (χ2v) is 6.52. The number of carbonyl (C=O) groups excluding carboxylic acids is 1. The van der Waals surface area contributed by atoms with Crippen molar-refractivity contribution in [1.82, 2.24) is 9.80 Å². The van der Waals surface area contributed by atoms with Crippen molar-refractivity contribution in [2.24, 2.45) is 0 Å². The Labute approximate surface area is 130 Å². The number of rotatable bonds is 3. The van der Waals surface area contributed by atoms with Gasteiger partial charge in [-0.25, -0.2) is 0 Å². The Morgan fingerprint density at radius 1 is 1.45 bits per heavy atom. The molecule has 1 N–H and O–H groups in total. The number of aliphatic hydroxyl groups is 1. The van der Waals surface area contributed by atoms with Gasteiger partial charge in [-0.15, -0.1) is 0 Å². The highest BCUT2D eigenvalue weighted by Gasteiger charge is 2.39. The largest absolute Gasteiger partial charge is 0.461 e. The number of β-amino-alcohol motifs (C(OH)–C–C–N with tert-alkyl or cyclic N) is 1. The number of furan rings is 1. The van der Waals surface area contributed by atoms with E-state index in [4.69, 9.17) is 4.42 Å². The van der Waals surface area contributed by atoms with E-state index in [0.717, 1.165) is 11.1 Å². The molecule has 0 saturated carbocycles. The van der Waals surface area contributed by atoms with Gasteiger partial charge in [0.05, 0.1) is 17.7 Å². The lowest BCUT2D eigenvalue weighted by molar-refractivity contribution is 0.0236. The molecule has 0 aliphatic carbocycles. The summed E-state index contributed by atoms with van der Waals surface area (Å²) in [4.78, 5) is 16.5. The lowest BCUT2D eigenvalue weighted by atomic mass is 10.0. The first kappa shape index (κ1) is 15.1. The van der Waals surface area contributed by atoms with Gasteiger partial charge >= 0.3 is 0 Å². The third-order valence-electron chi connectivity index (χ3n) is 4.13. The molecule has 118 valence electrons. The van der Waals surface area contributed by atoms with Crippen molar-refractivity contribution in [3.05, 3.63) is 35.6 Å². The van der Waals surface area contributed by atoms with Crippen LogP contribution in [0.25, 0.3) is 11.0 Å². The zero-order valence-corrected chi connectivity index (χ0v) is 13.3. The number of fused-ring (bicyclic) bond motifs is 1. The first-order valence-electron chi connectivity index (χ1n) is 7.53. The fraction of sp³-hybridized carbons (Fsp3) is 0.471. The Morgan fingerprint density at radius 2 is 2.23 bits per heavy atom. The van der Waals surface area contributed by atoms with E-state index in [1.807, 2.05) is 44.1 Å². The fourth-order valence-electron chi connectivity index (χ4n) is 3.28. The number of aryl methyl sites for hydroxylation is 1. The maximum absolute atomic E-state index is 12.8. The molecule has 1 amide bonds. The summed E-state index contributed by atoms with van der Waals surface area (Å²) in [7, 11) is 3.85. The molecule has 1 aromatic heterocycles. The summed E-state index contributed by atoms with van der Waals surface area (Å²) in [6, 6.07) is 7.52. The standard InChI is InChI=1S/C17H22N2O3/c1-12-9-13-5-4-6-14(15(13)22-12)16(20)19-8-7-17(21,11-19)10-18(2)3/h4-6,9,21H,7-8,10-11H2,1-3H3. The summed E-state index contributed by atoms with van der Waals surface area (Å²) in [5.41, 5.74) is 0.374. The highest BCUT2D eigenvalue weighted by molar-refractivity contribution is 6.05. The average molecular weight is 302 g/mol. The minimum Gasteiger partial charge on any atom is -0.461 e. The SMILES string of the molecule is Cc1cc2cccc(C(=O)N3CCC(O)(CN(C)C)C3)c2o1. The van der Waals surface area contributed by atoms with Crippen LogP contribution >= 0.6 is 0 Å². The molecule has 1 aromatic carbocycles. The third-order valence-corrected chi connectivity index (χ3v) is 4.13. The fourth-order valence-corrected chi connectivity index (χ4v) is 3.28. The first-order valence-corrected chi connectivity index (χ1v) is 7.53. The van der Waals surface area contributed by atoms with Gasteiger partial charge in [-0.05, 0) is 39.6 Å². The minimum atomic E-state index is -0.827. The van der Waals surface area contributed by atoms with Gasteiger partial charge in [0, 0.05) is 18.5 Å². The number of para-hydroxylation sites is 1. The summed E-state index contributed by atoms with van der Waals surface area (Å²) in [6.07, 6.45) is 0.601. The Bertz CT molecular complexity index is 707. The van der Waals surface area contributed by atoms with Crippen molar-refractivity contribution in [2.75, 3.05) is 33.7 Å². The van der Waals surface area contributed by atoms with Crippen LogP contribution in [0.5, 0.6) is 0 Å². The van der Waals surface area contributed by atoms with Crippen LogP contribution in [0.15, 0.2) is 28.7 Å². The van der Waals surface area contributed by atoms with E-state index in [2.05, 4.69) is 0 Å². The van der Waals surface area contributed by atoms with Gasteiger partial charge in [-0.1, -0.05) is 12.1 Å². The van der Waals surface area contributed by atoms with Gasteiger partial charge < -0.3 is 19.3 Å². The van der Waals surface area contributed by atoms with Gasteiger partial charge in [-0.2, -0.15) is 0 Å². The van der Waals surface area contributed by atoms with Crippen molar-refractivity contribution < 1.29 is 14.3 Å². The number of hydrogen-bond donors (Lipinski definition) is 1. The molecule has 1 aliphatic heterocycles. The van der Waals surface area contributed by atoms with Crippen LogP contribution in [0, 0.1) is 6.92 Å². The maximum Gasteiger partial charge on any atom is 0.257 e. The molecule has 1 atom stereocenters. The molecule has 2 heterocycles. The molecular weight excluding hydrogens is 280 g/mol. The van der Waals surface area contributed by atoms with E-state index in [-0.39, 0.29) is 5.91 Å². The Kier molecular flexibility index (Phi) is 3.70. The summed E-state index contributed by atoms with van der Waals surface area (Å²) < 4.78 is 5.68. The summed E-state index contributed by atoms with van der Waals surface area (Å²) >= 11 is 0. The molecule has 2 aromatic rings. The molecule has 22 heavy (non-hydrogen) atoms.